The van der Waals surface area contributed by atoms with Crippen LogP contribution in [0.5, 0.6) is 0 Å². The summed E-state index contributed by atoms with van der Waals surface area (Å²) in [6.07, 6.45) is 0. The van der Waals surface area contributed by atoms with Crippen molar-refractivity contribution in [1.29, 1.82) is 5.26 Å². The van der Waals surface area contributed by atoms with Gasteiger partial charge in [-0.1, -0.05) is 0 Å². The van der Waals surface area contributed by atoms with Crippen LogP contribution in [0.15, 0.2) is 33.5 Å². The Kier molecular flexibility index (Phi) is 2.08. The first kappa shape index (κ1) is 11.5. The zero-order valence-corrected chi connectivity index (χ0v) is 10.4. The molecule has 94 valence electrons. The highest BCUT2D eigenvalue weighted by Gasteiger charge is 2.47. The molecule has 5 nitrogen and oxygen atoms in total. The molecular weight excluding hydrogens is 244 g/mol. The van der Waals surface area contributed by atoms with E-state index in [2.05, 4.69) is 6.07 Å². The zero-order chi connectivity index (χ0) is 13.8. The highest BCUT2D eigenvalue weighted by molar-refractivity contribution is 6.13. The molecule has 5 heteroatoms. The molecular formula is C14H10N2O3. The summed E-state index contributed by atoms with van der Waals surface area (Å²) in [5.41, 5.74) is -0.0393. The molecule has 0 fully saturated rings. The van der Waals surface area contributed by atoms with Gasteiger partial charge < -0.3 is 9.32 Å². The normalized spacial score (nSPS) is 21.5. The number of carbonyl (C=O) groups excluding carboxylic acids is 1. The summed E-state index contributed by atoms with van der Waals surface area (Å²) in [6.45, 7) is 1.59. The van der Waals surface area contributed by atoms with Crippen LogP contribution in [0, 0.1) is 11.3 Å². The van der Waals surface area contributed by atoms with Gasteiger partial charge in [0.2, 0.25) is 0 Å². The van der Waals surface area contributed by atoms with Crippen molar-refractivity contribution < 1.29 is 9.21 Å². The Labute approximate surface area is 108 Å². The van der Waals surface area contributed by atoms with Crippen LogP contribution in [0.4, 0.5) is 5.69 Å². The van der Waals surface area contributed by atoms with E-state index in [0.29, 0.717) is 22.2 Å². The quantitative estimate of drug-likeness (QED) is 0.668. The van der Waals surface area contributed by atoms with Gasteiger partial charge >= 0.3 is 5.63 Å². The maximum Gasteiger partial charge on any atom is 0.336 e. The molecule has 19 heavy (non-hydrogen) atoms. The molecule has 1 amide bonds. The van der Waals surface area contributed by atoms with Crippen LogP contribution in [0.2, 0.25) is 0 Å². The number of anilines is 1. The lowest BCUT2D eigenvalue weighted by Gasteiger charge is -2.14. The first-order valence-electron chi connectivity index (χ1n) is 5.76. The Morgan fingerprint density at radius 3 is 2.68 bits per heavy atom. The van der Waals surface area contributed by atoms with Crippen LogP contribution < -0.4 is 10.5 Å². The predicted molar refractivity (Wildman–Crippen MR) is 68.9 cm³/mol. The highest BCUT2D eigenvalue weighted by atomic mass is 16.4. The van der Waals surface area contributed by atoms with Gasteiger partial charge in [0.15, 0.2) is 5.41 Å². The second-order valence-electron chi connectivity index (χ2n) is 4.73. The Bertz CT molecular complexity index is 816. The Balaban J connectivity index is 2.50. The fraction of sp³-hybridized carbons (Fsp3) is 0.214. The smallest absolute Gasteiger partial charge is 0.336 e. The predicted octanol–water partition coefficient (Wildman–Crippen LogP) is 1.55. The van der Waals surface area contributed by atoms with Gasteiger partial charge in [0, 0.05) is 29.8 Å². The topological polar surface area (TPSA) is 74.3 Å². The standard InChI is InChI=1S/C14H10N2O3/c1-14(7-15)12-8-3-6-11(17)19-10(8)5-4-9(12)16(2)13(14)18/h3-6H,1-2H3. The number of hydrogen-bond acceptors (Lipinski definition) is 4. The van der Waals surface area contributed by atoms with Crippen molar-refractivity contribution in [3.8, 4) is 6.07 Å². The average molecular weight is 254 g/mol. The fourth-order valence-corrected chi connectivity index (χ4v) is 2.60. The molecule has 1 aromatic carbocycles. The van der Waals surface area contributed by atoms with Crippen LogP contribution in [0.25, 0.3) is 11.0 Å². The maximum atomic E-state index is 12.2. The molecule has 1 atom stereocenters. The van der Waals surface area contributed by atoms with Crippen molar-refractivity contribution >= 4 is 22.6 Å². The van der Waals surface area contributed by atoms with E-state index >= 15 is 0 Å². The second kappa shape index (κ2) is 3.45. The van der Waals surface area contributed by atoms with Crippen LogP contribution in [0.1, 0.15) is 12.5 Å². The largest absolute Gasteiger partial charge is 0.423 e. The van der Waals surface area contributed by atoms with Crippen LogP contribution in [0.3, 0.4) is 0 Å². The Morgan fingerprint density at radius 1 is 1.26 bits per heavy atom. The molecule has 1 aromatic heterocycles. The van der Waals surface area contributed by atoms with Gasteiger partial charge in [-0.15, -0.1) is 0 Å². The summed E-state index contributed by atoms with van der Waals surface area (Å²) >= 11 is 0. The summed E-state index contributed by atoms with van der Waals surface area (Å²) in [7, 11) is 1.63. The Morgan fingerprint density at radius 2 is 2.00 bits per heavy atom. The molecule has 3 rings (SSSR count). The van der Waals surface area contributed by atoms with Crippen molar-refractivity contribution in [3.63, 3.8) is 0 Å². The molecule has 2 aromatic rings. The second-order valence-corrected chi connectivity index (χ2v) is 4.73. The van der Waals surface area contributed by atoms with Gasteiger partial charge in [0.05, 0.1) is 6.07 Å². The SMILES string of the molecule is CN1C(=O)C(C)(C#N)c2c1ccc1oc(=O)ccc21. The van der Waals surface area contributed by atoms with Crippen LogP contribution in [-0.4, -0.2) is 13.0 Å². The summed E-state index contributed by atoms with van der Waals surface area (Å²) in [4.78, 5) is 24.9. The van der Waals surface area contributed by atoms with E-state index in [9.17, 15) is 14.9 Å². The molecule has 0 N–H and O–H groups in total. The molecule has 0 radical (unpaired) electrons. The van der Waals surface area contributed by atoms with Crippen LogP contribution >= 0.6 is 0 Å². The van der Waals surface area contributed by atoms with Gasteiger partial charge in [0.25, 0.3) is 5.91 Å². The van der Waals surface area contributed by atoms with Crippen molar-refractivity contribution in [2.75, 3.05) is 11.9 Å². The first-order valence-corrected chi connectivity index (χ1v) is 5.76. The number of nitrogens with zero attached hydrogens (tertiary/aromatic N) is 2. The molecule has 1 aliphatic rings. The van der Waals surface area contributed by atoms with Crippen LogP contribution in [-0.2, 0) is 10.2 Å². The molecule has 2 heterocycles. The highest BCUT2D eigenvalue weighted by Crippen LogP contribution is 2.44. The molecule has 1 aliphatic heterocycles. The van der Waals surface area contributed by atoms with Crippen molar-refractivity contribution in [1.82, 2.24) is 0 Å². The number of nitriles is 1. The average Bonchev–Trinajstić information content (AvgIpc) is 2.61. The fourth-order valence-electron chi connectivity index (χ4n) is 2.60. The van der Waals surface area contributed by atoms with Gasteiger partial charge in [-0.3, -0.25) is 4.79 Å². The maximum absolute atomic E-state index is 12.2. The van der Waals surface area contributed by atoms with Gasteiger partial charge in [0.1, 0.15) is 5.58 Å². The molecule has 1 unspecified atom stereocenters. The van der Waals surface area contributed by atoms with Gasteiger partial charge in [-0.05, 0) is 25.1 Å². The minimum Gasteiger partial charge on any atom is -0.423 e. The lowest BCUT2D eigenvalue weighted by Crippen LogP contribution is -2.34. The summed E-state index contributed by atoms with van der Waals surface area (Å²) in [6, 6.07) is 8.30. The van der Waals surface area contributed by atoms with E-state index in [1.54, 1.807) is 32.2 Å². The van der Waals surface area contributed by atoms with Crippen molar-refractivity contribution in [3.05, 3.63) is 40.2 Å². The van der Waals surface area contributed by atoms with E-state index in [4.69, 9.17) is 4.42 Å². The number of benzene rings is 1. The van der Waals surface area contributed by atoms with Crippen molar-refractivity contribution in [2.45, 2.75) is 12.3 Å². The molecule has 0 saturated heterocycles. The first-order chi connectivity index (χ1) is 8.99. The summed E-state index contributed by atoms with van der Waals surface area (Å²) in [5.74, 6) is -0.274. The number of rotatable bonds is 0. The third-order valence-electron chi connectivity index (χ3n) is 3.60. The molecule has 0 bridgehead atoms. The Hall–Kier alpha value is -2.61. The molecule has 0 spiro atoms. The van der Waals surface area contributed by atoms with E-state index in [0.717, 1.165) is 0 Å². The minimum atomic E-state index is -1.25. The monoisotopic (exact) mass is 254 g/mol. The summed E-state index contributed by atoms with van der Waals surface area (Å²) in [5, 5.41) is 10.0. The number of amides is 1. The number of fused-ring (bicyclic) bond motifs is 3. The van der Waals surface area contributed by atoms with E-state index in [1.807, 2.05) is 0 Å². The third-order valence-corrected chi connectivity index (χ3v) is 3.60. The van der Waals surface area contributed by atoms with E-state index in [1.165, 1.54) is 11.0 Å². The van der Waals surface area contributed by atoms with E-state index < -0.39 is 11.0 Å². The summed E-state index contributed by atoms with van der Waals surface area (Å²) < 4.78 is 5.10. The third kappa shape index (κ3) is 1.28. The molecule has 0 aliphatic carbocycles. The van der Waals surface area contributed by atoms with Crippen molar-refractivity contribution in [2.24, 2.45) is 0 Å². The zero-order valence-electron chi connectivity index (χ0n) is 10.4. The minimum absolute atomic E-state index is 0.274. The number of carbonyl (C=O) groups is 1. The lowest BCUT2D eigenvalue weighted by atomic mass is 9.83. The molecule has 0 saturated carbocycles. The van der Waals surface area contributed by atoms with E-state index in [-0.39, 0.29) is 5.91 Å². The van der Waals surface area contributed by atoms with Gasteiger partial charge in [-0.25, -0.2) is 4.79 Å². The lowest BCUT2D eigenvalue weighted by molar-refractivity contribution is -0.120. The van der Waals surface area contributed by atoms with Gasteiger partial charge in [-0.2, -0.15) is 5.26 Å². The number of likely N-dealkylation sites (N-methyl/N-ethyl adjacent to an activating group) is 1. The number of hydrogen-bond donors (Lipinski definition) is 0.